The molecule has 8 nitrogen and oxygen atoms in total. The average Bonchev–Trinajstić information content (AvgIpc) is 3.42. The van der Waals surface area contributed by atoms with Crippen LogP contribution >= 0.6 is 0 Å². The molecule has 2 unspecified atom stereocenters. The minimum absolute atomic E-state index is 0.0468. The number of nitrogens with zero attached hydrogens (tertiary/aromatic N) is 4. The molecule has 2 amide bonds. The van der Waals surface area contributed by atoms with Gasteiger partial charge in [0.2, 0.25) is 5.91 Å². The summed E-state index contributed by atoms with van der Waals surface area (Å²) in [6, 6.07) is 16.1. The normalized spacial score (nSPS) is 22.4. The minimum Gasteiger partial charge on any atom is -0.379 e. The number of morpholine rings is 1. The standard InChI is InChI=1S/C31H43N5O3/c1-24-3-7-26(8-4-24)22-35(16-15-33-17-19-39-20-18-33)28-21-29(31(38)34-13-11-32-12-14-34)36(23-28)30(37)27-9-5-25(2)6-10-27/h3-10,28-29,32H,11-23H2,1-2H3. The number of hydrogen-bond donors (Lipinski definition) is 1. The Balaban J connectivity index is 1.38. The number of ether oxygens (including phenoxy) is 1. The van der Waals surface area contributed by atoms with Crippen molar-refractivity contribution in [1.82, 2.24) is 24.9 Å². The molecule has 2 aromatic carbocycles. The molecule has 0 radical (unpaired) electrons. The van der Waals surface area contributed by atoms with Crippen LogP contribution in [0.3, 0.4) is 0 Å². The Morgan fingerprint density at radius 3 is 2.23 bits per heavy atom. The van der Waals surface area contributed by atoms with Crippen molar-refractivity contribution in [3.63, 3.8) is 0 Å². The molecule has 0 aliphatic carbocycles. The summed E-state index contributed by atoms with van der Waals surface area (Å²) < 4.78 is 5.55. The third-order valence-corrected chi connectivity index (χ3v) is 8.38. The minimum atomic E-state index is -0.439. The molecule has 3 fully saturated rings. The molecule has 5 rings (SSSR count). The van der Waals surface area contributed by atoms with Crippen molar-refractivity contribution in [3.05, 3.63) is 70.8 Å². The maximum Gasteiger partial charge on any atom is 0.254 e. The highest BCUT2D eigenvalue weighted by atomic mass is 16.5. The number of likely N-dealkylation sites (tertiary alicyclic amines) is 1. The van der Waals surface area contributed by atoms with Crippen LogP contribution in [-0.4, -0.2) is 116 Å². The fourth-order valence-corrected chi connectivity index (χ4v) is 5.91. The van der Waals surface area contributed by atoms with E-state index in [1.807, 2.05) is 41.0 Å². The lowest BCUT2D eigenvalue weighted by molar-refractivity contribution is -0.135. The first kappa shape index (κ1) is 27.8. The zero-order valence-electron chi connectivity index (χ0n) is 23.5. The van der Waals surface area contributed by atoms with Crippen LogP contribution in [0, 0.1) is 13.8 Å². The van der Waals surface area contributed by atoms with Crippen molar-refractivity contribution in [2.75, 3.05) is 72.1 Å². The van der Waals surface area contributed by atoms with E-state index in [1.54, 1.807) is 0 Å². The summed E-state index contributed by atoms with van der Waals surface area (Å²) in [4.78, 5) is 36.4. The highest BCUT2D eigenvalue weighted by Crippen LogP contribution is 2.28. The number of carbonyl (C=O) groups excluding carboxylic acids is 2. The Hall–Kier alpha value is -2.78. The van der Waals surface area contributed by atoms with Gasteiger partial charge in [-0.15, -0.1) is 0 Å². The molecule has 39 heavy (non-hydrogen) atoms. The van der Waals surface area contributed by atoms with Gasteiger partial charge in [-0.25, -0.2) is 0 Å². The Labute approximate surface area is 232 Å². The Morgan fingerprint density at radius 1 is 0.923 bits per heavy atom. The topological polar surface area (TPSA) is 68.4 Å². The van der Waals surface area contributed by atoms with Gasteiger partial charge < -0.3 is 19.9 Å². The van der Waals surface area contributed by atoms with Gasteiger partial charge in [0.25, 0.3) is 5.91 Å². The van der Waals surface area contributed by atoms with Gasteiger partial charge in [-0.3, -0.25) is 19.4 Å². The second kappa shape index (κ2) is 13.0. The van der Waals surface area contributed by atoms with Crippen molar-refractivity contribution in [2.24, 2.45) is 0 Å². The van der Waals surface area contributed by atoms with Gasteiger partial charge in [0, 0.05) is 77.1 Å². The van der Waals surface area contributed by atoms with Crippen LogP contribution in [0.1, 0.15) is 33.5 Å². The number of amides is 2. The number of piperazine rings is 1. The smallest absolute Gasteiger partial charge is 0.254 e. The molecule has 210 valence electrons. The Kier molecular flexibility index (Phi) is 9.29. The molecule has 0 saturated carbocycles. The van der Waals surface area contributed by atoms with Crippen molar-refractivity contribution in [1.29, 1.82) is 0 Å². The van der Waals surface area contributed by atoms with Crippen molar-refractivity contribution in [2.45, 2.75) is 38.9 Å². The summed E-state index contributed by atoms with van der Waals surface area (Å²) >= 11 is 0. The largest absolute Gasteiger partial charge is 0.379 e. The van der Waals surface area contributed by atoms with Gasteiger partial charge >= 0.3 is 0 Å². The number of rotatable bonds is 8. The van der Waals surface area contributed by atoms with Crippen LogP contribution in [0.2, 0.25) is 0 Å². The van der Waals surface area contributed by atoms with Gasteiger partial charge in [-0.1, -0.05) is 47.5 Å². The molecular formula is C31H43N5O3. The summed E-state index contributed by atoms with van der Waals surface area (Å²) in [7, 11) is 0. The molecule has 3 aliphatic heterocycles. The first-order valence-corrected chi connectivity index (χ1v) is 14.4. The van der Waals surface area contributed by atoms with E-state index in [1.165, 1.54) is 11.1 Å². The number of hydrogen-bond acceptors (Lipinski definition) is 6. The van der Waals surface area contributed by atoms with Crippen LogP contribution in [0.4, 0.5) is 0 Å². The quantitative estimate of drug-likeness (QED) is 0.561. The van der Waals surface area contributed by atoms with Gasteiger partial charge in [0.05, 0.1) is 13.2 Å². The summed E-state index contributed by atoms with van der Waals surface area (Å²) in [5.41, 5.74) is 4.27. The lowest BCUT2D eigenvalue weighted by atomic mass is 10.1. The van der Waals surface area contributed by atoms with Gasteiger partial charge in [-0.05, 0) is 38.0 Å². The zero-order valence-corrected chi connectivity index (χ0v) is 23.5. The summed E-state index contributed by atoms with van der Waals surface area (Å²) in [6.07, 6.45) is 0.662. The predicted octanol–water partition coefficient (Wildman–Crippen LogP) is 2.15. The first-order chi connectivity index (χ1) is 19.0. The predicted molar refractivity (Wildman–Crippen MR) is 153 cm³/mol. The molecule has 8 heteroatoms. The number of nitrogens with one attached hydrogen (secondary N) is 1. The van der Waals surface area contributed by atoms with E-state index in [9.17, 15) is 9.59 Å². The summed E-state index contributed by atoms with van der Waals surface area (Å²) in [5, 5.41) is 3.34. The monoisotopic (exact) mass is 533 g/mol. The van der Waals surface area contributed by atoms with Crippen LogP contribution in [0.15, 0.2) is 48.5 Å². The Bertz CT molecular complexity index is 1090. The maximum atomic E-state index is 13.8. The third kappa shape index (κ3) is 7.06. The first-order valence-electron chi connectivity index (χ1n) is 14.4. The molecule has 1 N–H and O–H groups in total. The second-order valence-electron chi connectivity index (χ2n) is 11.2. The van der Waals surface area contributed by atoms with Crippen LogP contribution in [0.5, 0.6) is 0 Å². The van der Waals surface area contributed by atoms with Crippen molar-refractivity contribution >= 4 is 11.8 Å². The molecule has 3 saturated heterocycles. The van der Waals surface area contributed by atoms with Crippen LogP contribution in [-0.2, 0) is 16.1 Å². The lowest BCUT2D eigenvalue weighted by Crippen LogP contribution is -2.53. The van der Waals surface area contributed by atoms with Crippen molar-refractivity contribution < 1.29 is 14.3 Å². The fraction of sp³-hybridized carbons (Fsp3) is 0.548. The van der Waals surface area contributed by atoms with E-state index in [0.717, 1.165) is 64.6 Å². The van der Waals surface area contributed by atoms with E-state index in [0.29, 0.717) is 31.6 Å². The van der Waals surface area contributed by atoms with E-state index in [-0.39, 0.29) is 17.9 Å². The van der Waals surface area contributed by atoms with E-state index >= 15 is 0 Å². The third-order valence-electron chi connectivity index (χ3n) is 8.38. The molecule has 3 heterocycles. The molecule has 0 aromatic heterocycles. The number of benzene rings is 2. The lowest BCUT2D eigenvalue weighted by Gasteiger charge is -2.33. The molecule has 2 aromatic rings. The average molecular weight is 534 g/mol. The van der Waals surface area contributed by atoms with E-state index in [4.69, 9.17) is 4.74 Å². The molecule has 0 bridgehead atoms. The number of carbonyl (C=O) groups is 2. The van der Waals surface area contributed by atoms with Crippen molar-refractivity contribution in [3.8, 4) is 0 Å². The molecule has 2 atom stereocenters. The zero-order chi connectivity index (χ0) is 27.2. The fourth-order valence-electron chi connectivity index (χ4n) is 5.91. The molecule has 0 spiro atoms. The van der Waals surface area contributed by atoms with Crippen LogP contribution in [0.25, 0.3) is 0 Å². The molecular weight excluding hydrogens is 490 g/mol. The maximum absolute atomic E-state index is 13.8. The van der Waals surface area contributed by atoms with Gasteiger partial charge in [-0.2, -0.15) is 0 Å². The van der Waals surface area contributed by atoms with E-state index < -0.39 is 6.04 Å². The highest BCUT2D eigenvalue weighted by molar-refractivity contribution is 5.98. The van der Waals surface area contributed by atoms with Gasteiger partial charge in [0.1, 0.15) is 6.04 Å². The summed E-state index contributed by atoms with van der Waals surface area (Å²) in [5.74, 6) is 0.0392. The summed E-state index contributed by atoms with van der Waals surface area (Å²) in [6.45, 7) is 13.8. The Morgan fingerprint density at radius 2 is 1.56 bits per heavy atom. The second-order valence-corrected chi connectivity index (χ2v) is 11.2. The van der Waals surface area contributed by atoms with Gasteiger partial charge in [0.15, 0.2) is 0 Å². The highest BCUT2D eigenvalue weighted by Gasteiger charge is 2.43. The van der Waals surface area contributed by atoms with Crippen LogP contribution < -0.4 is 5.32 Å². The van der Waals surface area contributed by atoms with E-state index in [2.05, 4.69) is 46.3 Å². The molecule has 3 aliphatic rings. The SMILES string of the molecule is Cc1ccc(CN(CCN2CCOCC2)C2CC(C(=O)N3CCNCC3)N(C(=O)c3ccc(C)cc3)C2)cc1. The number of aryl methyl sites for hydroxylation is 2.